The Kier molecular flexibility index (Phi) is 8.76. The van der Waals surface area contributed by atoms with Gasteiger partial charge in [0.25, 0.3) is 0 Å². The minimum absolute atomic E-state index is 0. The standard InChI is InChI=1S/C31H20N3O.C11H8N.Ir/c1-20-17-27-31(32-19-20)34(23-11-6-3-7-12-23)30(33-27)26-14-8-13-25-24-16-15-22(18-28(24)35-29(25)26)21-9-4-2-5-10-21;1-2-6-10(7-3-1)11-8-4-5-9-12-11;/h2-13,15-19H,1H3;1-6,8-9H;/q2*-1;. The van der Waals surface area contributed by atoms with Crippen molar-refractivity contribution < 1.29 is 24.5 Å². The van der Waals surface area contributed by atoms with Gasteiger partial charge in [-0.15, -0.1) is 54.1 Å². The van der Waals surface area contributed by atoms with Crippen molar-refractivity contribution in [1.29, 1.82) is 0 Å². The molecule has 0 aliphatic rings. The van der Waals surface area contributed by atoms with Crippen LogP contribution in [0.4, 0.5) is 0 Å². The van der Waals surface area contributed by atoms with Gasteiger partial charge < -0.3 is 14.0 Å². The number of para-hydroxylation sites is 1. The summed E-state index contributed by atoms with van der Waals surface area (Å²) in [7, 11) is 0. The molecule has 0 aliphatic carbocycles. The van der Waals surface area contributed by atoms with Crippen LogP contribution in [-0.2, 0) is 20.1 Å². The van der Waals surface area contributed by atoms with Gasteiger partial charge in [-0.2, -0.15) is 0 Å². The molecule has 9 rings (SSSR count). The maximum atomic E-state index is 6.51. The first-order valence-electron chi connectivity index (χ1n) is 15.4. The predicted octanol–water partition coefficient (Wildman–Crippen LogP) is 10.3. The minimum atomic E-state index is 0. The Hall–Kier alpha value is -5.68. The maximum absolute atomic E-state index is 6.51. The second-order valence-corrected chi connectivity index (χ2v) is 11.2. The number of fused-ring (bicyclic) bond motifs is 4. The zero-order valence-electron chi connectivity index (χ0n) is 26.0. The van der Waals surface area contributed by atoms with Gasteiger partial charge in [0.05, 0.1) is 16.9 Å². The fourth-order valence-electron chi connectivity index (χ4n) is 5.85. The Morgan fingerprint density at radius 1 is 0.667 bits per heavy atom. The van der Waals surface area contributed by atoms with Crippen molar-refractivity contribution in [3.05, 3.63) is 170 Å². The molecule has 5 nitrogen and oxygen atoms in total. The molecule has 6 heteroatoms. The van der Waals surface area contributed by atoms with Gasteiger partial charge in [0.2, 0.25) is 0 Å². The van der Waals surface area contributed by atoms with E-state index in [-0.39, 0.29) is 20.1 Å². The Labute approximate surface area is 291 Å². The molecule has 1 radical (unpaired) electrons. The molecule has 0 unspecified atom stereocenters. The summed E-state index contributed by atoms with van der Waals surface area (Å²) in [5.41, 5.74) is 10.5. The normalized spacial score (nSPS) is 10.9. The third-order valence-electron chi connectivity index (χ3n) is 8.06. The number of aromatic nitrogens is 4. The van der Waals surface area contributed by atoms with Gasteiger partial charge in [-0.25, -0.2) is 4.98 Å². The van der Waals surface area contributed by atoms with Crippen molar-refractivity contribution in [1.82, 2.24) is 19.5 Å². The summed E-state index contributed by atoms with van der Waals surface area (Å²) in [5, 5.41) is 2.12. The van der Waals surface area contributed by atoms with E-state index in [4.69, 9.17) is 14.4 Å². The van der Waals surface area contributed by atoms with Crippen LogP contribution in [0.2, 0.25) is 0 Å². The van der Waals surface area contributed by atoms with E-state index >= 15 is 0 Å². The molecule has 0 aliphatic heterocycles. The van der Waals surface area contributed by atoms with Gasteiger partial charge in [-0.3, -0.25) is 4.98 Å². The van der Waals surface area contributed by atoms with Crippen LogP contribution >= 0.6 is 0 Å². The quantitative estimate of drug-likeness (QED) is 0.167. The molecule has 48 heavy (non-hydrogen) atoms. The minimum Gasteiger partial charge on any atom is -0.501 e. The SMILES string of the molecule is Cc1cnc2c(c1)nc(-c1[c-]ccc3c1oc1cc(-c4ccccc4)ccc13)n2-c1ccccc1.[Ir].[c-]1ccccc1-c1ccccn1. The fraction of sp³-hybridized carbons (Fsp3) is 0.0238. The van der Waals surface area contributed by atoms with E-state index in [1.165, 1.54) is 0 Å². The van der Waals surface area contributed by atoms with Crippen molar-refractivity contribution >= 4 is 33.1 Å². The molecule has 0 bridgehead atoms. The zero-order valence-corrected chi connectivity index (χ0v) is 28.4. The van der Waals surface area contributed by atoms with Crippen LogP contribution < -0.4 is 0 Å². The summed E-state index contributed by atoms with van der Waals surface area (Å²) in [6.45, 7) is 2.03. The maximum Gasteiger partial charge on any atom is 0.155 e. The number of furan rings is 1. The van der Waals surface area contributed by atoms with Gasteiger partial charge >= 0.3 is 0 Å². The monoisotopic (exact) mass is 797 g/mol. The molecule has 0 N–H and O–H groups in total. The molecule has 0 spiro atoms. The van der Waals surface area contributed by atoms with Crippen LogP contribution in [0.25, 0.3) is 72.6 Å². The van der Waals surface area contributed by atoms with E-state index in [9.17, 15) is 0 Å². The van der Waals surface area contributed by atoms with Crippen LogP contribution in [-0.4, -0.2) is 19.5 Å². The second-order valence-electron chi connectivity index (χ2n) is 11.2. The van der Waals surface area contributed by atoms with E-state index in [0.29, 0.717) is 0 Å². The molecular formula is C42H28IrN4O-2. The average molecular weight is 797 g/mol. The third-order valence-corrected chi connectivity index (χ3v) is 8.06. The molecule has 9 aromatic rings. The first-order chi connectivity index (χ1) is 23.2. The summed E-state index contributed by atoms with van der Waals surface area (Å²) in [4.78, 5) is 14.0. The molecular weight excluding hydrogens is 769 g/mol. The van der Waals surface area contributed by atoms with Crippen molar-refractivity contribution in [2.45, 2.75) is 6.92 Å². The summed E-state index contributed by atoms with van der Waals surface area (Å²) >= 11 is 0. The molecule has 0 atom stereocenters. The summed E-state index contributed by atoms with van der Waals surface area (Å²) < 4.78 is 8.59. The van der Waals surface area contributed by atoms with Crippen LogP contribution in [0.15, 0.2) is 156 Å². The Balaban J connectivity index is 0.000000237. The van der Waals surface area contributed by atoms with Crippen LogP contribution in [0, 0.1) is 19.1 Å². The predicted molar refractivity (Wildman–Crippen MR) is 189 cm³/mol. The summed E-state index contributed by atoms with van der Waals surface area (Å²) in [5.74, 6) is 0.761. The molecule has 0 saturated carbocycles. The summed E-state index contributed by atoms with van der Waals surface area (Å²) in [6, 6.07) is 53.2. The fourth-order valence-corrected chi connectivity index (χ4v) is 5.85. The third kappa shape index (κ3) is 5.95. The number of aryl methyl sites for hydroxylation is 1. The van der Waals surface area contributed by atoms with Crippen LogP contribution in [0.5, 0.6) is 0 Å². The molecule has 4 aromatic heterocycles. The van der Waals surface area contributed by atoms with Crippen molar-refractivity contribution in [2.75, 3.05) is 0 Å². The largest absolute Gasteiger partial charge is 0.501 e. The van der Waals surface area contributed by atoms with E-state index < -0.39 is 0 Å². The van der Waals surface area contributed by atoms with Crippen molar-refractivity contribution in [3.63, 3.8) is 0 Å². The van der Waals surface area contributed by atoms with Crippen molar-refractivity contribution in [3.8, 4) is 39.5 Å². The van der Waals surface area contributed by atoms with Gasteiger partial charge in [-0.05, 0) is 59.6 Å². The number of pyridine rings is 2. The molecule has 0 saturated heterocycles. The number of nitrogens with zero attached hydrogens (tertiary/aromatic N) is 4. The molecule has 5 aromatic carbocycles. The molecule has 0 fully saturated rings. The number of hydrogen-bond acceptors (Lipinski definition) is 4. The van der Waals surface area contributed by atoms with E-state index in [1.807, 2.05) is 85.9 Å². The van der Waals surface area contributed by atoms with Crippen LogP contribution in [0.3, 0.4) is 0 Å². The van der Waals surface area contributed by atoms with E-state index in [0.717, 1.165) is 78.1 Å². The Bertz CT molecular complexity index is 2420. The summed E-state index contributed by atoms with van der Waals surface area (Å²) in [6.07, 6.45) is 3.67. The van der Waals surface area contributed by atoms with Gasteiger partial charge in [0.15, 0.2) is 5.65 Å². The number of benzene rings is 5. The van der Waals surface area contributed by atoms with Gasteiger partial charge in [-0.1, -0.05) is 83.7 Å². The topological polar surface area (TPSA) is 56.7 Å². The van der Waals surface area contributed by atoms with Gasteiger partial charge in [0.1, 0.15) is 5.58 Å². The van der Waals surface area contributed by atoms with E-state index in [1.54, 1.807) is 6.20 Å². The Morgan fingerprint density at radius 3 is 2.23 bits per heavy atom. The van der Waals surface area contributed by atoms with Crippen LogP contribution in [0.1, 0.15) is 5.56 Å². The Morgan fingerprint density at radius 2 is 1.46 bits per heavy atom. The first kappa shape index (κ1) is 30.9. The second kappa shape index (κ2) is 13.6. The average Bonchev–Trinajstić information content (AvgIpc) is 3.71. The number of imidazole rings is 1. The van der Waals surface area contributed by atoms with Gasteiger partial charge in [0, 0.05) is 43.6 Å². The first-order valence-corrected chi connectivity index (χ1v) is 15.4. The molecule has 233 valence electrons. The van der Waals surface area contributed by atoms with Crippen molar-refractivity contribution in [2.24, 2.45) is 0 Å². The zero-order chi connectivity index (χ0) is 31.6. The number of hydrogen-bond donors (Lipinski definition) is 0. The smallest absolute Gasteiger partial charge is 0.155 e. The molecule has 4 heterocycles. The molecule has 0 amide bonds. The van der Waals surface area contributed by atoms with E-state index in [2.05, 4.69) is 88.4 Å². The number of rotatable bonds is 4.